The lowest BCUT2D eigenvalue weighted by Crippen LogP contribution is -2.59. The SMILES string of the molecule is CC1(C)C2CCC1(C)C(NC1C3CC4CC(C3)CC1C4)C2. The van der Waals surface area contributed by atoms with E-state index in [0.29, 0.717) is 10.8 Å². The highest BCUT2D eigenvalue weighted by Gasteiger charge is 2.62. The second-order valence-electron chi connectivity index (χ2n) is 10.3. The molecule has 3 atom stereocenters. The van der Waals surface area contributed by atoms with Crippen LogP contribution in [0.15, 0.2) is 0 Å². The van der Waals surface area contributed by atoms with Gasteiger partial charge in [-0.15, -0.1) is 0 Å². The van der Waals surface area contributed by atoms with Crippen molar-refractivity contribution in [1.82, 2.24) is 5.32 Å². The fourth-order valence-electron chi connectivity index (χ4n) is 7.89. The van der Waals surface area contributed by atoms with Gasteiger partial charge in [-0.3, -0.25) is 0 Å². The summed E-state index contributed by atoms with van der Waals surface area (Å²) in [4.78, 5) is 0. The predicted octanol–water partition coefficient (Wildman–Crippen LogP) is 4.62. The van der Waals surface area contributed by atoms with Crippen LogP contribution < -0.4 is 5.32 Å². The summed E-state index contributed by atoms with van der Waals surface area (Å²) in [6.07, 6.45) is 12.2. The maximum Gasteiger partial charge on any atom is 0.0132 e. The zero-order chi connectivity index (χ0) is 14.4. The minimum absolute atomic E-state index is 0.562. The van der Waals surface area contributed by atoms with E-state index in [1.165, 1.54) is 19.3 Å². The predicted molar refractivity (Wildman–Crippen MR) is 87.0 cm³/mol. The van der Waals surface area contributed by atoms with Gasteiger partial charge in [-0.05, 0) is 91.8 Å². The van der Waals surface area contributed by atoms with Crippen LogP contribution in [-0.2, 0) is 0 Å². The lowest BCUT2D eigenvalue weighted by Gasteiger charge is -2.56. The summed E-state index contributed by atoms with van der Waals surface area (Å²) >= 11 is 0. The molecule has 118 valence electrons. The lowest BCUT2D eigenvalue weighted by atomic mass is 9.54. The lowest BCUT2D eigenvalue weighted by molar-refractivity contribution is -0.0267. The molecular weight excluding hydrogens is 254 g/mol. The number of fused-ring (bicyclic) bond motifs is 2. The Balaban J connectivity index is 1.37. The highest BCUT2D eigenvalue weighted by Crippen LogP contribution is 2.66. The normalized spacial score (nSPS) is 59.9. The van der Waals surface area contributed by atoms with Crippen LogP contribution in [0.1, 0.15) is 72.1 Å². The molecule has 6 aliphatic carbocycles. The minimum Gasteiger partial charge on any atom is -0.310 e. The summed E-state index contributed by atoms with van der Waals surface area (Å²) < 4.78 is 0. The molecule has 6 rings (SSSR count). The van der Waals surface area contributed by atoms with Gasteiger partial charge in [0.15, 0.2) is 0 Å². The Morgan fingerprint density at radius 3 is 1.90 bits per heavy atom. The highest BCUT2D eigenvalue weighted by atomic mass is 15.0. The zero-order valence-electron chi connectivity index (χ0n) is 14.2. The second kappa shape index (κ2) is 4.08. The van der Waals surface area contributed by atoms with Gasteiger partial charge in [-0.25, -0.2) is 0 Å². The third kappa shape index (κ3) is 1.62. The van der Waals surface area contributed by atoms with E-state index in [2.05, 4.69) is 26.1 Å². The van der Waals surface area contributed by atoms with Crippen molar-refractivity contribution < 1.29 is 0 Å². The molecule has 0 amide bonds. The molecule has 1 nitrogen and oxygen atoms in total. The molecule has 0 saturated heterocycles. The monoisotopic (exact) mass is 287 g/mol. The van der Waals surface area contributed by atoms with Crippen LogP contribution in [-0.4, -0.2) is 12.1 Å². The maximum atomic E-state index is 4.29. The van der Waals surface area contributed by atoms with E-state index in [4.69, 9.17) is 0 Å². The van der Waals surface area contributed by atoms with E-state index in [0.717, 1.165) is 41.7 Å². The Bertz CT molecular complexity index is 425. The van der Waals surface area contributed by atoms with Gasteiger partial charge in [-0.1, -0.05) is 20.8 Å². The number of rotatable bonds is 2. The molecule has 1 N–H and O–H groups in total. The molecule has 6 aliphatic rings. The van der Waals surface area contributed by atoms with E-state index >= 15 is 0 Å². The van der Waals surface area contributed by atoms with Crippen LogP contribution in [0.4, 0.5) is 0 Å². The first-order valence-corrected chi connectivity index (χ1v) is 9.73. The molecule has 0 heterocycles. The van der Waals surface area contributed by atoms with Crippen LogP contribution in [0.5, 0.6) is 0 Å². The van der Waals surface area contributed by atoms with E-state index in [9.17, 15) is 0 Å². The summed E-state index contributed by atoms with van der Waals surface area (Å²) in [5.74, 6) is 5.27. The zero-order valence-corrected chi connectivity index (χ0v) is 14.2. The molecule has 0 aromatic rings. The molecule has 0 aliphatic heterocycles. The van der Waals surface area contributed by atoms with Crippen LogP contribution in [0.2, 0.25) is 0 Å². The Hall–Kier alpha value is -0.0400. The molecular formula is C20H33N. The third-order valence-electron chi connectivity index (χ3n) is 9.41. The summed E-state index contributed by atoms with van der Waals surface area (Å²) in [5, 5.41) is 4.29. The summed E-state index contributed by atoms with van der Waals surface area (Å²) in [5.41, 5.74) is 1.13. The van der Waals surface area contributed by atoms with Gasteiger partial charge in [0.05, 0.1) is 0 Å². The molecule has 6 bridgehead atoms. The van der Waals surface area contributed by atoms with Crippen LogP contribution in [0.3, 0.4) is 0 Å². The molecule has 21 heavy (non-hydrogen) atoms. The van der Waals surface area contributed by atoms with Crippen molar-refractivity contribution in [3.63, 3.8) is 0 Å². The van der Waals surface area contributed by atoms with Crippen molar-refractivity contribution in [2.45, 2.75) is 84.2 Å². The molecule has 3 unspecified atom stereocenters. The molecule has 0 spiro atoms. The average molecular weight is 287 g/mol. The quantitative estimate of drug-likeness (QED) is 0.781. The molecule has 1 heteroatoms. The largest absolute Gasteiger partial charge is 0.310 e. The first-order valence-electron chi connectivity index (χ1n) is 9.73. The molecule has 0 aromatic carbocycles. The molecule has 0 radical (unpaired) electrons. The maximum absolute atomic E-state index is 4.29. The molecule has 0 aromatic heterocycles. The highest BCUT2D eigenvalue weighted by molar-refractivity contribution is 5.14. The molecule has 6 fully saturated rings. The first kappa shape index (κ1) is 13.4. The second-order valence-corrected chi connectivity index (χ2v) is 10.3. The Morgan fingerprint density at radius 1 is 0.810 bits per heavy atom. The van der Waals surface area contributed by atoms with Crippen molar-refractivity contribution in [3.05, 3.63) is 0 Å². The van der Waals surface area contributed by atoms with Crippen molar-refractivity contribution in [1.29, 1.82) is 0 Å². The summed E-state index contributed by atoms with van der Waals surface area (Å²) in [6, 6.07) is 1.70. The standard InChI is InChI=1S/C20H33N/c1-19(2)16-4-5-20(19,3)17(11-16)21-18-14-7-12-6-13(9-14)10-15(18)8-12/h12-18,21H,4-11H2,1-3H3. The Kier molecular flexibility index (Phi) is 2.60. The number of nitrogens with one attached hydrogen (secondary N) is 1. The first-order chi connectivity index (χ1) is 9.97. The van der Waals surface area contributed by atoms with Crippen LogP contribution in [0, 0.1) is 40.4 Å². The fraction of sp³-hybridized carbons (Fsp3) is 1.00. The Labute approximate surface area is 130 Å². The van der Waals surface area contributed by atoms with Gasteiger partial charge in [0.1, 0.15) is 0 Å². The van der Waals surface area contributed by atoms with Crippen molar-refractivity contribution in [2.75, 3.05) is 0 Å². The van der Waals surface area contributed by atoms with Gasteiger partial charge in [0, 0.05) is 12.1 Å². The van der Waals surface area contributed by atoms with Gasteiger partial charge in [0.2, 0.25) is 0 Å². The topological polar surface area (TPSA) is 12.0 Å². The smallest absolute Gasteiger partial charge is 0.0132 e. The van der Waals surface area contributed by atoms with E-state index in [1.54, 1.807) is 32.1 Å². The number of hydrogen-bond donors (Lipinski definition) is 1. The van der Waals surface area contributed by atoms with E-state index in [-0.39, 0.29) is 0 Å². The number of hydrogen-bond acceptors (Lipinski definition) is 1. The van der Waals surface area contributed by atoms with Gasteiger partial charge < -0.3 is 5.32 Å². The van der Waals surface area contributed by atoms with E-state index < -0.39 is 0 Å². The average Bonchev–Trinajstić information content (AvgIpc) is 2.75. The molecule has 6 saturated carbocycles. The van der Waals surface area contributed by atoms with Gasteiger partial charge >= 0.3 is 0 Å². The summed E-state index contributed by atoms with van der Waals surface area (Å²) in [7, 11) is 0. The van der Waals surface area contributed by atoms with Crippen LogP contribution >= 0.6 is 0 Å². The van der Waals surface area contributed by atoms with Crippen LogP contribution in [0.25, 0.3) is 0 Å². The van der Waals surface area contributed by atoms with Crippen molar-refractivity contribution >= 4 is 0 Å². The summed E-state index contributed by atoms with van der Waals surface area (Å²) in [6.45, 7) is 7.72. The fourth-order valence-corrected chi connectivity index (χ4v) is 7.89. The van der Waals surface area contributed by atoms with Gasteiger partial charge in [-0.2, -0.15) is 0 Å². The third-order valence-corrected chi connectivity index (χ3v) is 9.41. The van der Waals surface area contributed by atoms with Gasteiger partial charge in [0.25, 0.3) is 0 Å². The van der Waals surface area contributed by atoms with E-state index in [1.807, 2.05) is 0 Å². The van der Waals surface area contributed by atoms with Crippen molar-refractivity contribution in [2.24, 2.45) is 40.4 Å². The Morgan fingerprint density at radius 2 is 1.43 bits per heavy atom. The minimum atomic E-state index is 0.562. The van der Waals surface area contributed by atoms with Crippen molar-refractivity contribution in [3.8, 4) is 0 Å².